The van der Waals surface area contributed by atoms with E-state index in [1.165, 1.54) is 0 Å². The summed E-state index contributed by atoms with van der Waals surface area (Å²) in [4.78, 5) is 4.18. The molecule has 7 nitrogen and oxygen atoms in total. The molecule has 0 aliphatic heterocycles. The van der Waals surface area contributed by atoms with E-state index in [0.717, 1.165) is 44.5 Å². The Morgan fingerprint density at radius 2 is 1.36 bits per heavy atom. The molecule has 1 unspecified atom stereocenters. The largest absolute Gasteiger partial charge is 0.367 e. The van der Waals surface area contributed by atoms with Gasteiger partial charge in [-0.05, 0) is 51.6 Å². The van der Waals surface area contributed by atoms with Gasteiger partial charge in [-0.2, -0.15) is 5.10 Å². The fourth-order valence-electron chi connectivity index (χ4n) is 6.81. The summed E-state index contributed by atoms with van der Waals surface area (Å²) < 4.78 is 8.43. The highest BCUT2D eigenvalue weighted by Crippen LogP contribution is 2.42. The number of halogens is 2. The van der Waals surface area contributed by atoms with Crippen molar-refractivity contribution >= 4 is 29.0 Å². The molecule has 1 heterocycles. The van der Waals surface area contributed by atoms with Crippen LogP contribution in [0, 0.1) is 0 Å². The molecule has 0 spiro atoms. The number of ether oxygens (including phenoxy) is 1. The van der Waals surface area contributed by atoms with E-state index in [2.05, 4.69) is 82.9 Å². The van der Waals surface area contributed by atoms with Gasteiger partial charge in [0.2, 0.25) is 0 Å². The Labute approximate surface area is 319 Å². The molecule has 0 saturated carbocycles. The number of aromatic nitrogens is 2. The van der Waals surface area contributed by atoms with E-state index < -0.39 is 5.54 Å². The molecule has 4 N–H and O–H groups in total. The molecule has 53 heavy (non-hydrogen) atoms. The van der Waals surface area contributed by atoms with Crippen LogP contribution in [0.15, 0.2) is 182 Å². The van der Waals surface area contributed by atoms with Gasteiger partial charge in [0.25, 0.3) is 0 Å². The summed E-state index contributed by atoms with van der Waals surface area (Å²) in [7, 11) is 0. The van der Waals surface area contributed by atoms with Crippen molar-refractivity contribution in [2.45, 2.75) is 24.8 Å². The molecule has 0 saturated heterocycles. The lowest BCUT2D eigenvalue weighted by molar-refractivity contribution is 0.0280. The summed E-state index contributed by atoms with van der Waals surface area (Å²) in [6.45, 7) is 0.931. The van der Waals surface area contributed by atoms with Crippen molar-refractivity contribution < 1.29 is 4.74 Å². The number of imidazole rings is 1. The first-order valence-corrected chi connectivity index (χ1v) is 17.9. The highest BCUT2D eigenvalue weighted by atomic mass is 35.5. The lowest BCUT2D eigenvalue weighted by Gasteiger charge is -2.44. The predicted molar refractivity (Wildman–Crippen MR) is 214 cm³/mol. The molecule has 0 fully saturated rings. The van der Waals surface area contributed by atoms with Crippen LogP contribution in [0.3, 0.4) is 0 Å². The minimum Gasteiger partial charge on any atom is -0.367 e. The van der Waals surface area contributed by atoms with Gasteiger partial charge in [0, 0.05) is 33.6 Å². The quantitative estimate of drug-likeness (QED) is 0.0428. The van der Waals surface area contributed by atoms with Crippen LogP contribution in [0.25, 0.3) is 11.1 Å². The summed E-state index contributed by atoms with van der Waals surface area (Å²) in [6.07, 6.45) is 5.10. The van der Waals surface area contributed by atoms with Crippen molar-refractivity contribution in [2.75, 3.05) is 0 Å². The summed E-state index contributed by atoms with van der Waals surface area (Å²) in [5, 5.41) is 7.16. The number of hydrazone groups is 1. The van der Waals surface area contributed by atoms with Crippen LogP contribution in [0.1, 0.15) is 39.5 Å². The molecule has 7 aromatic rings. The topological polar surface area (TPSA) is 94.7 Å². The second kappa shape index (κ2) is 16.3. The molecule has 0 aliphatic carbocycles. The van der Waals surface area contributed by atoms with E-state index in [1.807, 2.05) is 89.6 Å². The summed E-state index contributed by atoms with van der Waals surface area (Å²) in [6, 6.07) is 52.5. The maximum Gasteiger partial charge on any atom is 0.170 e. The minimum absolute atomic E-state index is 0.312. The molecule has 0 radical (unpaired) electrons. The molecule has 0 bridgehead atoms. The normalized spacial score (nSPS) is 12.4. The average molecular weight is 738 g/mol. The predicted octanol–water partition coefficient (Wildman–Crippen LogP) is 9.60. The van der Waals surface area contributed by atoms with Crippen molar-refractivity contribution in [1.82, 2.24) is 14.6 Å². The van der Waals surface area contributed by atoms with Gasteiger partial charge in [-0.25, -0.2) is 10.8 Å². The van der Waals surface area contributed by atoms with E-state index in [1.54, 1.807) is 23.6 Å². The van der Waals surface area contributed by atoms with Crippen LogP contribution in [0.4, 0.5) is 0 Å². The van der Waals surface area contributed by atoms with Gasteiger partial charge in [-0.1, -0.05) is 163 Å². The van der Waals surface area contributed by atoms with Crippen molar-refractivity contribution in [2.24, 2.45) is 16.8 Å². The van der Waals surface area contributed by atoms with E-state index in [9.17, 15) is 0 Å². The Bertz CT molecular complexity index is 2170. The number of hydrogen-bond acceptors (Lipinski definition) is 5. The van der Waals surface area contributed by atoms with Crippen LogP contribution in [0.2, 0.25) is 10.0 Å². The number of hydrazine groups is 1. The third-order valence-corrected chi connectivity index (χ3v) is 9.95. The van der Waals surface area contributed by atoms with E-state index in [4.69, 9.17) is 39.6 Å². The second-order valence-corrected chi connectivity index (χ2v) is 13.5. The maximum absolute atomic E-state index is 7.29. The molecule has 1 atom stereocenters. The molecule has 1 aromatic heterocycles. The summed E-state index contributed by atoms with van der Waals surface area (Å²) >= 11 is 12.8. The third-order valence-electron chi connectivity index (χ3n) is 9.39. The zero-order valence-electron chi connectivity index (χ0n) is 28.8. The van der Waals surface area contributed by atoms with Gasteiger partial charge >= 0.3 is 0 Å². The van der Waals surface area contributed by atoms with Gasteiger partial charge in [0.15, 0.2) is 5.84 Å². The summed E-state index contributed by atoms with van der Waals surface area (Å²) in [5.41, 5.74) is 6.62. The Morgan fingerprint density at radius 1 is 0.736 bits per heavy atom. The number of nitrogens with zero attached hydrogens (tertiary/aromatic N) is 4. The molecular weight excluding hydrogens is 699 g/mol. The third kappa shape index (κ3) is 7.61. The fraction of sp³-hybridized carbons (Fsp3) is 0.0909. The highest BCUT2D eigenvalue weighted by molar-refractivity contribution is 6.35. The number of benzene rings is 6. The van der Waals surface area contributed by atoms with E-state index >= 15 is 0 Å². The number of hydrogen-bond donors (Lipinski definition) is 2. The maximum atomic E-state index is 7.29. The Balaban J connectivity index is 1.17. The van der Waals surface area contributed by atoms with Crippen molar-refractivity contribution in [3.05, 3.63) is 220 Å². The van der Waals surface area contributed by atoms with Gasteiger partial charge in [0.05, 0.1) is 19.5 Å². The Kier molecular flexibility index (Phi) is 11.0. The standard InChI is InChI=1S/C44H38Cl2N6O/c45-39-23-24-40(41(46)28-39)42(29-51-26-25-49-31-51)53-30-32-19-21-33(22-20-32)34-11-10-12-35(27-34)43(50-47)52(48)44(36-13-4-1-5-14-36,37-15-6-2-7-16-37)38-17-8-3-9-18-38/h1-28,31,42H,29-30,47-48H2/b50-43-. The Morgan fingerprint density at radius 3 is 1.91 bits per heavy atom. The molecule has 9 heteroatoms. The molecule has 7 rings (SSSR count). The van der Waals surface area contributed by atoms with Gasteiger partial charge in [0.1, 0.15) is 11.6 Å². The first-order valence-electron chi connectivity index (χ1n) is 17.2. The van der Waals surface area contributed by atoms with E-state index in [0.29, 0.717) is 29.0 Å². The van der Waals surface area contributed by atoms with Crippen molar-refractivity contribution in [3.8, 4) is 11.1 Å². The molecular formula is C44H38Cl2N6O. The van der Waals surface area contributed by atoms with Crippen LogP contribution >= 0.6 is 23.2 Å². The van der Waals surface area contributed by atoms with Gasteiger partial charge in [-0.15, -0.1) is 0 Å². The molecule has 0 aliphatic rings. The highest BCUT2D eigenvalue weighted by Gasteiger charge is 2.43. The summed E-state index contributed by atoms with van der Waals surface area (Å²) in [5.74, 6) is 14.0. The zero-order chi connectivity index (χ0) is 36.6. The van der Waals surface area contributed by atoms with Gasteiger partial charge in [-0.3, -0.25) is 5.01 Å². The van der Waals surface area contributed by atoms with E-state index in [-0.39, 0.29) is 6.10 Å². The fourth-order valence-corrected chi connectivity index (χ4v) is 7.34. The lowest BCUT2D eigenvalue weighted by atomic mass is 9.76. The smallest absolute Gasteiger partial charge is 0.170 e. The van der Waals surface area contributed by atoms with Crippen LogP contribution in [-0.2, 0) is 23.4 Å². The van der Waals surface area contributed by atoms with Crippen LogP contribution in [-0.4, -0.2) is 20.4 Å². The SMILES string of the molecule is N/N=C(/c1cccc(-c2ccc(COC(Cn3ccnc3)c3ccc(Cl)cc3Cl)cc2)c1)N(N)C(c1ccccc1)(c1ccccc1)c1ccccc1. The monoisotopic (exact) mass is 736 g/mol. The van der Waals surface area contributed by atoms with Crippen molar-refractivity contribution in [1.29, 1.82) is 0 Å². The first-order chi connectivity index (χ1) is 26.0. The number of rotatable bonds is 12. The van der Waals surface area contributed by atoms with Crippen LogP contribution < -0.4 is 11.7 Å². The Hall–Kier alpha value is -5.70. The average Bonchev–Trinajstić information content (AvgIpc) is 3.72. The molecule has 0 amide bonds. The number of nitrogens with two attached hydrogens (primary N) is 2. The lowest BCUT2D eigenvalue weighted by Crippen LogP contribution is -2.55. The minimum atomic E-state index is -0.953. The second-order valence-electron chi connectivity index (χ2n) is 12.6. The van der Waals surface area contributed by atoms with Gasteiger partial charge < -0.3 is 15.1 Å². The molecule has 6 aromatic carbocycles. The molecule has 264 valence electrons. The first kappa shape index (κ1) is 35.7. The van der Waals surface area contributed by atoms with Crippen molar-refractivity contribution in [3.63, 3.8) is 0 Å². The zero-order valence-corrected chi connectivity index (χ0v) is 30.4. The van der Waals surface area contributed by atoms with Crippen LogP contribution in [0.5, 0.6) is 0 Å². The number of amidine groups is 1.